The van der Waals surface area contributed by atoms with Crippen LogP contribution in [0.3, 0.4) is 0 Å². The van der Waals surface area contributed by atoms with Gasteiger partial charge in [0, 0.05) is 26.1 Å². The summed E-state index contributed by atoms with van der Waals surface area (Å²) >= 11 is 0. The van der Waals surface area contributed by atoms with Crippen molar-refractivity contribution >= 4 is 8.32 Å². The zero-order valence-corrected chi connectivity index (χ0v) is 15.8. The summed E-state index contributed by atoms with van der Waals surface area (Å²) in [5, 5.41) is 9.43. The topological polar surface area (TPSA) is 38.7 Å². The van der Waals surface area contributed by atoms with Crippen LogP contribution < -0.4 is 0 Å². The lowest BCUT2D eigenvalue weighted by molar-refractivity contribution is 0.0433. The highest BCUT2D eigenvalue weighted by atomic mass is 28.4. The minimum Gasteiger partial charge on any atom is -0.546 e. The van der Waals surface area contributed by atoms with E-state index in [1.165, 1.54) is 0 Å². The van der Waals surface area contributed by atoms with Gasteiger partial charge in [-0.05, 0) is 29.1 Å². The van der Waals surface area contributed by atoms with Crippen molar-refractivity contribution in [3.63, 3.8) is 0 Å². The van der Waals surface area contributed by atoms with Gasteiger partial charge in [0.05, 0.1) is 11.9 Å². The van der Waals surface area contributed by atoms with Gasteiger partial charge in [-0.1, -0.05) is 41.5 Å². The highest BCUT2D eigenvalue weighted by Gasteiger charge is 2.47. The second-order valence-corrected chi connectivity index (χ2v) is 12.6. The van der Waals surface area contributed by atoms with Crippen LogP contribution in [0.2, 0.25) is 16.6 Å². The summed E-state index contributed by atoms with van der Waals surface area (Å²) in [5.74, 6) is 1.30. The third kappa shape index (κ3) is 3.91. The summed E-state index contributed by atoms with van der Waals surface area (Å²) in [6, 6.07) is 0. The lowest BCUT2D eigenvalue weighted by Crippen LogP contribution is -2.48. The molecule has 0 aliphatic heterocycles. The smallest absolute Gasteiger partial charge is 0.258 e. The molecule has 3 nitrogen and oxygen atoms in total. The molecule has 0 heterocycles. The van der Waals surface area contributed by atoms with Crippen LogP contribution >= 0.6 is 0 Å². The fourth-order valence-electron chi connectivity index (χ4n) is 4.02. The van der Waals surface area contributed by atoms with Crippen molar-refractivity contribution in [2.75, 3.05) is 13.7 Å². The van der Waals surface area contributed by atoms with Gasteiger partial charge in [-0.2, -0.15) is 0 Å². The van der Waals surface area contributed by atoms with Gasteiger partial charge in [0.2, 0.25) is 0 Å². The normalized spacial score (nSPS) is 23.9. The molecule has 0 saturated heterocycles. The highest BCUT2D eigenvalue weighted by molar-refractivity contribution is 6.77. The first-order valence-electron chi connectivity index (χ1n) is 8.32. The molecule has 0 bridgehead atoms. The molecule has 0 spiro atoms. The fraction of sp³-hybridized carbons (Fsp3) is 0.882. The van der Waals surface area contributed by atoms with Gasteiger partial charge in [-0.15, -0.1) is 0 Å². The standard InChI is InChI=1S/C17H34O3Si/c1-12(2)21(13(3)4,14(5)6)20-16-9-8-15(11-18)17(10-16)19-7/h10,12-15,17-18H,8-9,11H2,1-7H3/t15-,17-/m1/s1. The maximum atomic E-state index is 9.43. The highest BCUT2D eigenvalue weighted by Crippen LogP contribution is 2.44. The van der Waals surface area contributed by atoms with Gasteiger partial charge in [-0.25, -0.2) is 0 Å². The summed E-state index contributed by atoms with van der Waals surface area (Å²) in [4.78, 5) is 0. The first kappa shape index (κ1) is 18.7. The zero-order chi connectivity index (χ0) is 16.2. The van der Waals surface area contributed by atoms with E-state index >= 15 is 0 Å². The van der Waals surface area contributed by atoms with Crippen LogP contribution in [0.1, 0.15) is 54.4 Å². The second kappa shape index (κ2) is 7.79. The fourth-order valence-corrected chi connectivity index (χ4v) is 9.35. The number of allylic oxidation sites excluding steroid dienone is 1. The summed E-state index contributed by atoms with van der Waals surface area (Å²) in [6.07, 6.45) is 3.96. The Hall–Kier alpha value is -0.323. The molecule has 0 aromatic rings. The van der Waals surface area contributed by atoms with Gasteiger partial charge in [0.25, 0.3) is 8.32 Å². The first-order valence-corrected chi connectivity index (χ1v) is 10.5. The van der Waals surface area contributed by atoms with Gasteiger partial charge >= 0.3 is 0 Å². The lowest BCUT2D eigenvalue weighted by Gasteiger charge is -2.44. The summed E-state index contributed by atoms with van der Waals surface area (Å²) in [6.45, 7) is 14.0. The Morgan fingerprint density at radius 1 is 1.14 bits per heavy atom. The predicted molar refractivity (Wildman–Crippen MR) is 90.8 cm³/mol. The van der Waals surface area contributed by atoms with E-state index in [-0.39, 0.29) is 18.6 Å². The van der Waals surface area contributed by atoms with Crippen molar-refractivity contribution < 1.29 is 14.3 Å². The lowest BCUT2D eigenvalue weighted by atomic mass is 9.91. The van der Waals surface area contributed by atoms with Crippen molar-refractivity contribution in [1.82, 2.24) is 0 Å². The second-order valence-electron chi connectivity index (χ2n) is 7.23. The van der Waals surface area contributed by atoms with E-state index < -0.39 is 8.32 Å². The Labute approximate surface area is 131 Å². The van der Waals surface area contributed by atoms with Crippen molar-refractivity contribution in [2.24, 2.45) is 5.92 Å². The number of hydrogen-bond donors (Lipinski definition) is 1. The average molecular weight is 315 g/mol. The molecule has 1 aliphatic rings. The average Bonchev–Trinajstić information content (AvgIpc) is 2.43. The minimum absolute atomic E-state index is 0.0167. The van der Waals surface area contributed by atoms with Crippen LogP contribution in [0.15, 0.2) is 11.8 Å². The van der Waals surface area contributed by atoms with Crippen LogP contribution in [0.25, 0.3) is 0 Å². The summed E-state index contributed by atoms with van der Waals surface area (Å²) in [7, 11) is -0.163. The van der Waals surface area contributed by atoms with Gasteiger partial charge in [0.1, 0.15) is 0 Å². The van der Waals surface area contributed by atoms with Crippen LogP contribution in [0, 0.1) is 5.92 Å². The van der Waals surface area contributed by atoms with E-state index in [2.05, 4.69) is 47.6 Å². The van der Waals surface area contributed by atoms with Crippen molar-refractivity contribution in [3.8, 4) is 0 Å². The third-order valence-electron chi connectivity index (χ3n) is 5.10. The minimum atomic E-state index is -1.88. The van der Waals surface area contributed by atoms with Crippen molar-refractivity contribution in [3.05, 3.63) is 11.8 Å². The van der Waals surface area contributed by atoms with Crippen molar-refractivity contribution in [1.29, 1.82) is 0 Å². The van der Waals surface area contributed by atoms with Crippen molar-refractivity contribution in [2.45, 2.75) is 77.1 Å². The molecular weight excluding hydrogens is 280 g/mol. The molecule has 0 radical (unpaired) electrons. The summed E-state index contributed by atoms with van der Waals surface area (Å²) < 4.78 is 12.2. The molecule has 1 N–H and O–H groups in total. The van der Waals surface area contributed by atoms with Gasteiger partial charge < -0.3 is 14.3 Å². The number of aliphatic hydroxyl groups excluding tert-OH is 1. The van der Waals surface area contributed by atoms with Gasteiger partial charge in [0.15, 0.2) is 0 Å². The Balaban J connectivity index is 3.02. The molecule has 0 saturated carbocycles. The van der Waals surface area contributed by atoms with E-state index in [1.807, 2.05) is 0 Å². The maximum absolute atomic E-state index is 9.43. The predicted octanol–water partition coefficient (Wildman–Crippen LogP) is 4.48. The maximum Gasteiger partial charge on any atom is 0.258 e. The molecule has 21 heavy (non-hydrogen) atoms. The number of hydrogen-bond acceptors (Lipinski definition) is 3. The first-order chi connectivity index (χ1) is 9.79. The Morgan fingerprint density at radius 3 is 2.05 bits per heavy atom. The quantitative estimate of drug-likeness (QED) is 0.704. The molecule has 0 fully saturated rings. The number of aliphatic hydroxyl groups is 1. The van der Waals surface area contributed by atoms with E-state index in [0.29, 0.717) is 16.6 Å². The van der Waals surface area contributed by atoms with E-state index in [4.69, 9.17) is 9.16 Å². The Bertz CT molecular complexity index is 328. The van der Waals surface area contributed by atoms with Crippen LogP contribution in [0.5, 0.6) is 0 Å². The molecule has 4 heteroatoms. The molecule has 0 aromatic carbocycles. The molecule has 0 amide bonds. The number of rotatable bonds is 7. The molecule has 0 aromatic heterocycles. The molecular formula is C17H34O3Si. The zero-order valence-electron chi connectivity index (χ0n) is 14.8. The summed E-state index contributed by atoms with van der Waals surface area (Å²) in [5.41, 5.74) is 1.74. The largest absolute Gasteiger partial charge is 0.546 e. The van der Waals surface area contributed by atoms with Gasteiger partial charge in [-0.3, -0.25) is 0 Å². The van der Waals surface area contributed by atoms with E-state index in [9.17, 15) is 5.11 Å². The molecule has 1 rings (SSSR count). The molecule has 0 unspecified atom stereocenters. The number of methoxy groups -OCH3 is 1. The molecule has 1 aliphatic carbocycles. The number of ether oxygens (including phenoxy) is 1. The van der Waals surface area contributed by atoms with Crippen LogP contribution in [-0.2, 0) is 9.16 Å². The third-order valence-corrected chi connectivity index (χ3v) is 11.1. The van der Waals surface area contributed by atoms with E-state index in [0.717, 1.165) is 18.6 Å². The molecule has 2 atom stereocenters. The van der Waals surface area contributed by atoms with Crippen LogP contribution in [0.4, 0.5) is 0 Å². The molecule has 124 valence electrons. The van der Waals surface area contributed by atoms with E-state index in [1.54, 1.807) is 7.11 Å². The monoisotopic (exact) mass is 314 g/mol. The Kier molecular flexibility index (Phi) is 6.95. The SMILES string of the molecule is CO[C@@H]1C=C(O[Si](C(C)C)(C(C)C)C(C)C)CC[C@@H]1CO. The van der Waals surface area contributed by atoms with Crippen LogP contribution in [-0.4, -0.2) is 33.2 Å². The Morgan fingerprint density at radius 2 is 1.67 bits per heavy atom.